The number of ether oxygens (including phenoxy) is 2. The molecule has 0 amide bonds. The number of hydrogen-bond acceptors (Lipinski definition) is 7. The number of carboxylic acids is 1. The molecule has 2 aliphatic rings. The second-order valence-corrected chi connectivity index (χ2v) is 11.5. The van der Waals surface area contributed by atoms with Crippen LogP contribution in [0.1, 0.15) is 52.6 Å². The minimum Gasteiger partial charge on any atom is -0.478 e. The lowest BCUT2D eigenvalue weighted by Crippen LogP contribution is -2.35. The van der Waals surface area contributed by atoms with Crippen LogP contribution in [0.4, 0.5) is 4.39 Å². The molecule has 7 rings (SSSR count). The molecule has 43 heavy (non-hydrogen) atoms. The van der Waals surface area contributed by atoms with Gasteiger partial charge in [-0.05, 0) is 68.8 Å². The lowest BCUT2D eigenvalue weighted by Gasteiger charge is -2.32. The second-order valence-electron chi connectivity index (χ2n) is 11.5. The highest BCUT2D eigenvalue weighted by Gasteiger charge is 2.26. The molecule has 0 spiro atoms. The average molecular weight is 585 g/mol. The van der Waals surface area contributed by atoms with E-state index in [1.807, 2.05) is 25.2 Å². The Bertz CT molecular complexity index is 1800. The predicted molar refractivity (Wildman–Crippen MR) is 158 cm³/mol. The van der Waals surface area contributed by atoms with Crippen LogP contribution in [0.25, 0.3) is 21.9 Å². The zero-order valence-electron chi connectivity index (χ0n) is 23.9. The fraction of sp³-hybridized carbons (Fsp3) is 0.375. The molecule has 0 saturated carbocycles. The van der Waals surface area contributed by atoms with Crippen LogP contribution in [0.15, 0.2) is 54.7 Å². The van der Waals surface area contributed by atoms with E-state index in [-0.39, 0.29) is 24.1 Å². The van der Waals surface area contributed by atoms with E-state index in [2.05, 4.69) is 14.6 Å². The van der Waals surface area contributed by atoms with Gasteiger partial charge in [-0.25, -0.2) is 19.2 Å². The first-order valence-electron chi connectivity index (χ1n) is 14.7. The number of benzene rings is 2. The topological polar surface area (TPSA) is 108 Å². The standard InChI is InChI=1S/C32H33FN6O4/c1-37-16-22-13-25(33)23(14-28(22)36-37)19-43-31-4-2-3-26(35-31)20-7-10-38(11-8-20)18-30-34-27-6-5-21(32(40)41)15-29(27)39(30)17-24-9-12-42-24/h2-6,13-16,20,24H,7-12,17-19H2,1H3,(H,40,41). The molecule has 3 aromatic heterocycles. The van der Waals surface area contributed by atoms with Gasteiger partial charge in [-0.15, -0.1) is 0 Å². The molecule has 0 aliphatic carbocycles. The highest BCUT2D eigenvalue weighted by molar-refractivity contribution is 5.92. The zero-order chi connectivity index (χ0) is 29.5. The molecule has 5 heterocycles. The maximum absolute atomic E-state index is 14.6. The van der Waals surface area contributed by atoms with Crippen molar-refractivity contribution in [2.24, 2.45) is 7.05 Å². The highest BCUT2D eigenvalue weighted by atomic mass is 19.1. The molecule has 11 heteroatoms. The Morgan fingerprint density at radius 3 is 2.70 bits per heavy atom. The molecule has 2 saturated heterocycles. The third-order valence-corrected chi connectivity index (χ3v) is 8.53. The second kappa shape index (κ2) is 11.4. The molecule has 0 radical (unpaired) electrons. The van der Waals surface area contributed by atoms with Crippen molar-refractivity contribution in [2.45, 2.75) is 51.0 Å². The average Bonchev–Trinajstić information content (AvgIpc) is 3.51. The first kappa shape index (κ1) is 27.5. The number of hydrogen-bond donors (Lipinski definition) is 1. The van der Waals surface area contributed by atoms with Gasteiger partial charge in [0, 0.05) is 48.5 Å². The summed E-state index contributed by atoms with van der Waals surface area (Å²) in [7, 11) is 1.81. The summed E-state index contributed by atoms with van der Waals surface area (Å²) >= 11 is 0. The lowest BCUT2D eigenvalue weighted by molar-refractivity contribution is -0.0592. The van der Waals surface area contributed by atoms with Crippen molar-refractivity contribution in [1.29, 1.82) is 0 Å². The quantitative estimate of drug-likeness (QED) is 0.261. The minimum atomic E-state index is -0.945. The van der Waals surface area contributed by atoms with E-state index in [1.54, 1.807) is 35.1 Å². The number of pyridine rings is 1. The van der Waals surface area contributed by atoms with Crippen molar-refractivity contribution < 1.29 is 23.8 Å². The first-order valence-corrected chi connectivity index (χ1v) is 14.7. The van der Waals surface area contributed by atoms with Crippen molar-refractivity contribution in [1.82, 2.24) is 29.2 Å². The number of aromatic nitrogens is 5. The monoisotopic (exact) mass is 584 g/mol. The van der Waals surface area contributed by atoms with Gasteiger partial charge in [-0.1, -0.05) is 6.07 Å². The molecule has 2 aliphatic heterocycles. The molecule has 0 bridgehead atoms. The number of likely N-dealkylation sites (tertiary alicyclic amines) is 1. The van der Waals surface area contributed by atoms with Crippen LogP contribution >= 0.6 is 0 Å². The largest absolute Gasteiger partial charge is 0.478 e. The number of nitrogens with zero attached hydrogens (tertiary/aromatic N) is 6. The van der Waals surface area contributed by atoms with Gasteiger partial charge in [0.2, 0.25) is 5.88 Å². The summed E-state index contributed by atoms with van der Waals surface area (Å²) in [6.07, 6.45) is 4.79. The molecule has 2 aromatic carbocycles. The number of piperidine rings is 1. The van der Waals surface area contributed by atoms with E-state index in [4.69, 9.17) is 19.4 Å². The van der Waals surface area contributed by atoms with Gasteiger partial charge < -0.3 is 19.1 Å². The smallest absolute Gasteiger partial charge is 0.335 e. The summed E-state index contributed by atoms with van der Waals surface area (Å²) in [6, 6.07) is 14.1. The molecule has 1 N–H and O–H groups in total. The van der Waals surface area contributed by atoms with E-state index < -0.39 is 5.97 Å². The summed E-state index contributed by atoms with van der Waals surface area (Å²) in [5.41, 5.74) is 4.05. The first-order chi connectivity index (χ1) is 20.9. The molecule has 1 atom stereocenters. The third-order valence-electron chi connectivity index (χ3n) is 8.53. The molecular weight excluding hydrogens is 551 g/mol. The SMILES string of the molecule is Cn1cc2cc(F)c(COc3cccc(C4CCN(Cc5nc6ccc(C(=O)O)cc6n5CC5CCO5)CC4)n3)cc2n1. The number of aryl methyl sites for hydroxylation is 1. The molecule has 5 aromatic rings. The van der Waals surface area contributed by atoms with Crippen LogP contribution in [0, 0.1) is 5.82 Å². The molecule has 1 unspecified atom stereocenters. The van der Waals surface area contributed by atoms with Crippen LogP contribution in [-0.4, -0.2) is 66.1 Å². The lowest BCUT2D eigenvalue weighted by atomic mass is 9.93. The number of carboxylic acid groups (broad SMARTS) is 1. The zero-order valence-corrected chi connectivity index (χ0v) is 23.9. The Morgan fingerprint density at radius 2 is 1.93 bits per heavy atom. The minimum absolute atomic E-state index is 0.0775. The van der Waals surface area contributed by atoms with Gasteiger partial charge in [0.25, 0.3) is 0 Å². The van der Waals surface area contributed by atoms with Gasteiger partial charge in [0.05, 0.1) is 41.3 Å². The predicted octanol–water partition coefficient (Wildman–Crippen LogP) is 4.90. The maximum Gasteiger partial charge on any atom is 0.335 e. The van der Waals surface area contributed by atoms with E-state index in [0.717, 1.165) is 72.4 Å². The van der Waals surface area contributed by atoms with Crippen molar-refractivity contribution in [3.05, 3.63) is 83.2 Å². The Morgan fingerprint density at radius 1 is 1.09 bits per heavy atom. The van der Waals surface area contributed by atoms with E-state index in [1.165, 1.54) is 6.07 Å². The summed E-state index contributed by atoms with van der Waals surface area (Å²) in [5, 5.41) is 14.6. The number of halogens is 1. The van der Waals surface area contributed by atoms with Gasteiger partial charge in [-0.3, -0.25) is 9.58 Å². The van der Waals surface area contributed by atoms with E-state index in [0.29, 0.717) is 30.5 Å². The number of carbonyl (C=O) groups is 1. The number of fused-ring (bicyclic) bond motifs is 2. The van der Waals surface area contributed by atoms with Crippen LogP contribution in [-0.2, 0) is 31.5 Å². The van der Waals surface area contributed by atoms with Crippen molar-refractivity contribution >= 4 is 27.9 Å². The van der Waals surface area contributed by atoms with E-state index >= 15 is 0 Å². The van der Waals surface area contributed by atoms with Crippen LogP contribution in [0.5, 0.6) is 5.88 Å². The Kier molecular flexibility index (Phi) is 7.28. The van der Waals surface area contributed by atoms with E-state index in [9.17, 15) is 14.3 Å². The molecule has 222 valence electrons. The fourth-order valence-corrected chi connectivity index (χ4v) is 6.06. The summed E-state index contributed by atoms with van der Waals surface area (Å²) < 4.78 is 30.1. The normalized spacial score (nSPS) is 17.9. The Balaban J connectivity index is 1.01. The number of imidazole rings is 1. The fourth-order valence-electron chi connectivity index (χ4n) is 6.06. The van der Waals surface area contributed by atoms with Crippen LogP contribution < -0.4 is 4.74 Å². The summed E-state index contributed by atoms with van der Waals surface area (Å²) in [6.45, 7) is 3.96. The van der Waals surface area contributed by atoms with Crippen LogP contribution in [0.3, 0.4) is 0 Å². The third kappa shape index (κ3) is 5.70. The number of rotatable bonds is 9. The van der Waals surface area contributed by atoms with Gasteiger partial charge >= 0.3 is 5.97 Å². The van der Waals surface area contributed by atoms with Crippen molar-refractivity contribution in [2.75, 3.05) is 19.7 Å². The molecule has 10 nitrogen and oxygen atoms in total. The van der Waals surface area contributed by atoms with Crippen molar-refractivity contribution in [3.8, 4) is 5.88 Å². The molecular formula is C32H33FN6O4. The Labute approximate surface area is 247 Å². The number of aromatic carboxylic acids is 1. The Hall–Kier alpha value is -4.35. The van der Waals surface area contributed by atoms with Gasteiger partial charge in [0.15, 0.2) is 0 Å². The van der Waals surface area contributed by atoms with Crippen LogP contribution in [0.2, 0.25) is 0 Å². The molecule has 2 fully saturated rings. The summed E-state index contributed by atoms with van der Waals surface area (Å²) in [5.74, 6) is 0.436. The van der Waals surface area contributed by atoms with Gasteiger partial charge in [-0.2, -0.15) is 5.10 Å². The maximum atomic E-state index is 14.6. The summed E-state index contributed by atoms with van der Waals surface area (Å²) in [4.78, 5) is 23.7. The highest BCUT2D eigenvalue weighted by Crippen LogP contribution is 2.30. The van der Waals surface area contributed by atoms with Crippen molar-refractivity contribution in [3.63, 3.8) is 0 Å². The van der Waals surface area contributed by atoms with Gasteiger partial charge in [0.1, 0.15) is 18.2 Å².